The molecule has 2 aromatic carbocycles. The fourth-order valence-electron chi connectivity index (χ4n) is 2.40. The van der Waals surface area contributed by atoms with Gasteiger partial charge in [0.05, 0.1) is 17.6 Å². The smallest absolute Gasteiger partial charge is 0.287 e. The van der Waals surface area contributed by atoms with Gasteiger partial charge in [-0.05, 0) is 52.7 Å². The highest BCUT2D eigenvalue weighted by atomic mass is 79.9. The summed E-state index contributed by atoms with van der Waals surface area (Å²) in [5.41, 5.74) is 1.68. The van der Waals surface area contributed by atoms with E-state index >= 15 is 0 Å². The molecule has 0 spiro atoms. The number of hydrogen-bond donors (Lipinski definition) is 1. The van der Waals surface area contributed by atoms with Gasteiger partial charge in [-0.25, -0.2) is 0 Å². The van der Waals surface area contributed by atoms with Crippen molar-refractivity contribution >= 4 is 32.8 Å². The lowest BCUT2D eigenvalue weighted by atomic mass is 10.1. The Bertz CT molecular complexity index is 823. The van der Waals surface area contributed by atoms with E-state index < -0.39 is 0 Å². The third-order valence-electron chi connectivity index (χ3n) is 3.67. The minimum Gasteiger partial charge on any atom is -0.496 e. The average molecular weight is 374 g/mol. The summed E-state index contributed by atoms with van der Waals surface area (Å²) in [6.07, 6.45) is 0. The van der Waals surface area contributed by atoms with Crippen LogP contribution in [-0.2, 0) is 0 Å². The third-order valence-corrected chi connectivity index (χ3v) is 4.29. The molecule has 1 atom stereocenters. The summed E-state index contributed by atoms with van der Waals surface area (Å²) < 4.78 is 11.6. The lowest BCUT2D eigenvalue weighted by Crippen LogP contribution is -2.26. The molecule has 1 aromatic heterocycles. The topological polar surface area (TPSA) is 51.5 Å². The Morgan fingerprint density at radius 1 is 1.22 bits per heavy atom. The number of methoxy groups -OCH3 is 1. The minimum atomic E-state index is -0.236. The molecule has 1 amide bonds. The van der Waals surface area contributed by atoms with Crippen LogP contribution in [-0.4, -0.2) is 13.0 Å². The largest absolute Gasteiger partial charge is 0.496 e. The first kappa shape index (κ1) is 15.6. The van der Waals surface area contributed by atoms with Gasteiger partial charge < -0.3 is 14.5 Å². The van der Waals surface area contributed by atoms with E-state index in [1.165, 1.54) is 0 Å². The molecule has 0 unspecified atom stereocenters. The normalized spacial score (nSPS) is 12.1. The summed E-state index contributed by atoms with van der Waals surface area (Å²) in [7, 11) is 1.62. The van der Waals surface area contributed by atoms with E-state index in [1.54, 1.807) is 13.2 Å². The van der Waals surface area contributed by atoms with Crippen molar-refractivity contribution in [2.24, 2.45) is 0 Å². The molecule has 1 N–H and O–H groups in total. The van der Waals surface area contributed by atoms with Crippen LogP contribution >= 0.6 is 15.9 Å². The predicted octanol–water partition coefficient (Wildman–Crippen LogP) is 4.69. The van der Waals surface area contributed by atoms with Crippen LogP contribution in [0.1, 0.15) is 29.1 Å². The summed E-state index contributed by atoms with van der Waals surface area (Å²) in [4.78, 5) is 12.4. The van der Waals surface area contributed by atoms with Crippen molar-refractivity contribution in [3.8, 4) is 5.75 Å². The van der Waals surface area contributed by atoms with Gasteiger partial charge >= 0.3 is 0 Å². The molecule has 5 heteroatoms. The summed E-state index contributed by atoms with van der Waals surface area (Å²) in [5.74, 6) is 0.829. The van der Waals surface area contributed by atoms with E-state index in [0.29, 0.717) is 11.3 Å². The number of furan rings is 1. The predicted molar refractivity (Wildman–Crippen MR) is 92.8 cm³/mol. The Morgan fingerprint density at radius 2 is 2.00 bits per heavy atom. The zero-order valence-corrected chi connectivity index (χ0v) is 14.4. The number of rotatable bonds is 4. The van der Waals surface area contributed by atoms with Gasteiger partial charge in [-0.2, -0.15) is 0 Å². The maximum absolute atomic E-state index is 12.4. The van der Waals surface area contributed by atoms with Crippen molar-refractivity contribution in [2.45, 2.75) is 13.0 Å². The van der Waals surface area contributed by atoms with E-state index in [0.717, 1.165) is 21.2 Å². The molecule has 0 aliphatic rings. The maximum atomic E-state index is 12.4. The van der Waals surface area contributed by atoms with Crippen LogP contribution in [0, 0.1) is 0 Å². The summed E-state index contributed by atoms with van der Waals surface area (Å²) in [6.45, 7) is 1.93. The number of amides is 1. The number of benzene rings is 2. The number of para-hydroxylation sites is 1. The molecule has 0 saturated carbocycles. The first-order chi connectivity index (χ1) is 11.1. The Hall–Kier alpha value is -2.27. The molecule has 23 heavy (non-hydrogen) atoms. The second-order valence-electron chi connectivity index (χ2n) is 5.24. The van der Waals surface area contributed by atoms with Crippen LogP contribution < -0.4 is 10.1 Å². The molecule has 0 radical (unpaired) electrons. The van der Waals surface area contributed by atoms with Gasteiger partial charge in [-0.3, -0.25) is 4.79 Å². The van der Waals surface area contributed by atoms with E-state index in [9.17, 15) is 4.79 Å². The Labute approximate surface area is 142 Å². The van der Waals surface area contributed by atoms with Gasteiger partial charge in [-0.1, -0.05) is 24.3 Å². The van der Waals surface area contributed by atoms with Crippen LogP contribution in [0.5, 0.6) is 5.75 Å². The van der Waals surface area contributed by atoms with Crippen LogP contribution in [0.2, 0.25) is 0 Å². The lowest BCUT2D eigenvalue weighted by molar-refractivity contribution is 0.0914. The zero-order chi connectivity index (χ0) is 16.4. The number of halogens is 1. The summed E-state index contributed by atoms with van der Waals surface area (Å²) in [5, 5.41) is 3.86. The number of carbonyl (C=O) groups is 1. The number of hydrogen-bond acceptors (Lipinski definition) is 3. The fourth-order valence-corrected chi connectivity index (χ4v) is 2.96. The van der Waals surface area contributed by atoms with Gasteiger partial charge in [-0.15, -0.1) is 0 Å². The first-order valence-corrected chi connectivity index (χ1v) is 8.00. The molecule has 118 valence electrons. The molecule has 0 fully saturated rings. The van der Waals surface area contributed by atoms with Gasteiger partial charge in [0.15, 0.2) is 5.76 Å². The number of fused-ring (bicyclic) bond motifs is 1. The minimum absolute atomic E-state index is 0.155. The van der Waals surface area contributed by atoms with Crippen molar-refractivity contribution in [1.29, 1.82) is 0 Å². The molecule has 0 saturated heterocycles. The van der Waals surface area contributed by atoms with Crippen molar-refractivity contribution in [3.63, 3.8) is 0 Å². The van der Waals surface area contributed by atoms with Crippen molar-refractivity contribution < 1.29 is 13.9 Å². The number of carbonyl (C=O) groups excluding carboxylic acids is 1. The molecule has 0 aliphatic heterocycles. The molecule has 0 aliphatic carbocycles. The zero-order valence-electron chi connectivity index (χ0n) is 12.8. The second-order valence-corrected chi connectivity index (χ2v) is 6.09. The van der Waals surface area contributed by atoms with Crippen LogP contribution in [0.3, 0.4) is 0 Å². The van der Waals surface area contributed by atoms with Crippen molar-refractivity contribution in [1.82, 2.24) is 5.32 Å². The van der Waals surface area contributed by atoms with E-state index in [1.807, 2.05) is 49.4 Å². The van der Waals surface area contributed by atoms with Gasteiger partial charge in [0.1, 0.15) is 11.3 Å². The second kappa shape index (κ2) is 6.46. The van der Waals surface area contributed by atoms with Crippen molar-refractivity contribution in [2.75, 3.05) is 7.11 Å². The average Bonchev–Trinajstić information content (AvgIpc) is 2.99. The molecular formula is C18H16BrNO3. The molecular weight excluding hydrogens is 358 g/mol. The molecule has 3 rings (SSSR count). The van der Waals surface area contributed by atoms with Gasteiger partial charge in [0, 0.05) is 5.39 Å². The Balaban J connectivity index is 1.77. The van der Waals surface area contributed by atoms with Crippen LogP contribution in [0.25, 0.3) is 11.0 Å². The monoisotopic (exact) mass is 373 g/mol. The van der Waals surface area contributed by atoms with Crippen LogP contribution in [0.4, 0.5) is 0 Å². The molecule has 0 bridgehead atoms. The third kappa shape index (κ3) is 3.24. The van der Waals surface area contributed by atoms with E-state index in [2.05, 4.69) is 21.2 Å². The van der Waals surface area contributed by atoms with E-state index in [-0.39, 0.29) is 11.9 Å². The van der Waals surface area contributed by atoms with Crippen LogP contribution in [0.15, 0.2) is 57.4 Å². The quantitative estimate of drug-likeness (QED) is 0.721. The highest BCUT2D eigenvalue weighted by molar-refractivity contribution is 9.10. The Morgan fingerprint density at radius 3 is 2.70 bits per heavy atom. The highest BCUT2D eigenvalue weighted by Gasteiger charge is 2.16. The highest BCUT2D eigenvalue weighted by Crippen LogP contribution is 2.28. The summed E-state index contributed by atoms with van der Waals surface area (Å²) in [6, 6.07) is 14.9. The van der Waals surface area contributed by atoms with E-state index in [4.69, 9.17) is 9.15 Å². The SMILES string of the molecule is COc1ccc([C@H](C)NC(=O)c2cc3ccccc3o2)cc1Br. The number of ether oxygens (including phenoxy) is 1. The first-order valence-electron chi connectivity index (χ1n) is 7.21. The summed E-state index contributed by atoms with van der Waals surface area (Å²) >= 11 is 3.45. The van der Waals surface area contributed by atoms with Gasteiger partial charge in [0.2, 0.25) is 0 Å². The van der Waals surface area contributed by atoms with Gasteiger partial charge in [0.25, 0.3) is 5.91 Å². The molecule has 1 heterocycles. The number of nitrogens with one attached hydrogen (secondary N) is 1. The molecule has 4 nitrogen and oxygen atoms in total. The standard InChI is InChI=1S/C18H16BrNO3/c1-11(12-7-8-16(22-2)14(19)9-12)20-18(21)17-10-13-5-3-4-6-15(13)23-17/h3-11H,1-2H3,(H,20,21)/t11-/m0/s1. The maximum Gasteiger partial charge on any atom is 0.287 e. The lowest BCUT2D eigenvalue weighted by Gasteiger charge is -2.14. The Kier molecular flexibility index (Phi) is 4.39. The fraction of sp³-hybridized carbons (Fsp3) is 0.167. The molecule has 3 aromatic rings. The van der Waals surface area contributed by atoms with Crippen molar-refractivity contribution in [3.05, 3.63) is 64.3 Å².